The third kappa shape index (κ3) is 3.21. The number of hydrogen-bond donors (Lipinski definition) is 1. The van der Waals surface area contributed by atoms with E-state index in [2.05, 4.69) is 52.4 Å². The van der Waals surface area contributed by atoms with Crippen molar-refractivity contribution in [3.8, 4) is 0 Å². The van der Waals surface area contributed by atoms with E-state index >= 15 is 0 Å². The molecule has 1 unspecified atom stereocenters. The minimum absolute atomic E-state index is 0.382. The molecule has 2 aromatic rings. The van der Waals surface area contributed by atoms with Gasteiger partial charge in [-0.3, -0.25) is 0 Å². The average molecular weight is 263 g/mol. The lowest BCUT2D eigenvalue weighted by Gasteiger charge is -2.17. The first kappa shape index (κ1) is 13.3. The molecule has 4 heteroatoms. The van der Waals surface area contributed by atoms with Crippen LogP contribution in [0, 0.1) is 0 Å². The topological polar surface area (TPSA) is 29.9 Å². The highest BCUT2D eigenvalue weighted by atomic mass is 32.1. The first-order valence-corrected chi connectivity index (χ1v) is 7.49. The second-order valence-electron chi connectivity index (χ2n) is 4.37. The van der Waals surface area contributed by atoms with Crippen molar-refractivity contribution in [1.82, 2.24) is 14.9 Å². The van der Waals surface area contributed by atoms with Crippen LogP contribution in [0.5, 0.6) is 0 Å². The predicted molar refractivity (Wildman–Crippen MR) is 77.0 cm³/mol. The molecule has 3 nitrogen and oxygen atoms in total. The van der Waals surface area contributed by atoms with E-state index in [-0.39, 0.29) is 0 Å². The van der Waals surface area contributed by atoms with Gasteiger partial charge in [0.2, 0.25) is 0 Å². The maximum absolute atomic E-state index is 4.49. The molecule has 0 fully saturated rings. The molecule has 0 aromatic carbocycles. The summed E-state index contributed by atoms with van der Waals surface area (Å²) >= 11 is 1.81. The van der Waals surface area contributed by atoms with Crippen LogP contribution in [0.15, 0.2) is 29.9 Å². The first-order valence-electron chi connectivity index (χ1n) is 6.62. The van der Waals surface area contributed by atoms with E-state index in [1.165, 1.54) is 10.7 Å². The number of nitrogens with zero attached hydrogens (tertiary/aromatic N) is 2. The summed E-state index contributed by atoms with van der Waals surface area (Å²) in [6.45, 7) is 6.39. The highest BCUT2D eigenvalue weighted by Gasteiger charge is 2.14. The zero-order valence-electron chi connectivity index (χ0n) is 11.1. The lowest BCUT2D eigenvalue weighted by molar-refractivity contribution is 0.522. The van der Waals surface area contributed by atoms with Crippen LogP contribution in [0.4, 0.5) is 0 Å². The highest BCUT2D eigenvalue weighted by molar-refractivity contribution is 7.10. The van der Waals surface area contributed by atoms with Gasteiger partial charge in [-0.25, -0.2) is 4.98 Å². The summed E-state index contributed by atoms with van der Waals surface area (Å²) in [5.74, 6) is 1.18. The van der Waals surface area contributed by atoms with Crippen molar-refractivity contribution in [3.63, 3.8) is 0 Å². The molecular weight excluding hydrogens is 242 g/mol. The molecule has 2 heterocycles. The zero-order valence-corrected chi connectivity index (χ0v) is 11.9. The molecule has 0 aliphatic rings. The number of thiophene rings is 1. The van der Waals surface area contributed by atoms with Crippen molar-refractivity contribution in [1.29, 1.82) is 0 Å². The maximum atomic E-state index is 4.49. The lowest BCUT2D eigenvalue weighted by atomic mass is 10.1. The molecule has 0 aliphatic carbocycles. The van der Waals surface area contributed by atoms with Crippen molar-refractivity contribution in [2.24, 2.45) is 0 Å². The van der Waals surface area contributed by atoms with E-state index in [1.807, 2.05) is 17.5 Å². The van der Waals surface area contributed by atoms with Crippen LogP contribution in [-0.2, 0) is 13.0 Å². The predicted octanol–water partition coefficient (Wildman–Crippen LogP) is 3.25. The van der Waals surface area contributed by atoms with Gasteiger partial charge in [0.05, 0.1) is 0 Å². The first-order chi connectivity index (χ1) is 8.85. The molecule has 0 saturated carbocycles. The van der Waals surface area contributed by atoms with Crippen molar-refractivity contribution < 1.29 is 0 Å². The van der Waals surface area contributed by atoms with Crippen LogP contribution in [0.3, 0.4) is 0 Å². The maximum Gasteiger partial charge on any atom is 0.110 e. The van der Waals surface area contributed by atoms with E-state index in [0.717, 1.165) is 25.9 Å². The Labute approximate surface area is 113 Å². The third-order valence-corrected chi connectivity index (χ3v) is 3.98. The summed E-state index contributed by atoms with van der Waals surface area (Å²) in [4.78, 5) is 5.89. The number of likely N-dealkylation sites (N-methyl/N-ethyl adjacent to an activating group) is 1. The van der Waals surface area contributed by atoms with Gasteiger partial charge in [0.1, 0.15) is 5.82 Å². The number of imidazole rings is 1. The van der Waals surface area contributed by atoms with Crippen LogP contribution in [-0.4, -0.2) is 16.1 Å². The fraction of sp³-hybridized carbons (Fsp3) is 0.500. The SMILES string of the molecule is CCCn1ccnc1CC(NCC)c1cccs1. The standard InChI is InChI=1S/C14H21N3S/c1-3-8-17-9-7-16-14(17)11-12(15-4-2)13-6-5-10-18-13/h5-7,9-10,12,15H,3-4,8,11H2,1-2H3. The van der Waals surface area contributed by atoms with Gasteiger partial charge < -0.3 is 9.88 Å². The van der Waals surface area contributed by atoms with Crippen LogP contribution in [0.25, 0.3) is 0 Å². The molecule has 2 aromatic heterocycles. The molecule has 0 amide bonds. The molecule has 0 spiro atoms. The van der Waals surface area contributed by atoms with Gasteiger partial charge in [-0.15, -0.1) is 11.3 Å². The van der Waals surface area contributed by atoms with Crippen LogP contribution in [0.2, 0.25) is 0 Å². The fourth-order valence-electron chi connectivity index (χ4n) is 2.17. The molecule has 0 radical (unpaired) electrons. The van der Waals surface area contributed by atoms with Crippen LogP contribution in [0.1, 0.15) is 37.0 Å². The van der Waals surface area contributed by atoms with E-state index in [9.17, 15) is 0 Å². The van der Waals surface area contributed by atoms with Crippen LogP contribution < -0.4 is 5.32 Å². The monoisotopic (exact) mass is 263 g/mol. The average Bonchev–Trinajstić information content (AvgIpc) is 3.01. The Morgan fingerprint density at radius 3 is 3.00 bits per heavy atom. The molecule has 1 N–H and O–H groups in total. The number of hydrogen-bond acceptors (Lipinski definition) is 3. The Hall–Kier alpha value is -1.13. The van der Waals surface area contributed by atoms with Gasteiger partial charge in [-0.2, -0.15) is 0 Å². The van der Waals surface area contributed by atoms with E-state index < -0.39 is 0 Å². The minimum atomic E-state index is 0.382. The summed E-state index contributed by atoms with van der Waals surface area (Å²) in [6, 6.07) is 4.70. The summed E-state index contributed by atoms with van der Waals surface area (Å²) in [6.07, 6.45) is 6.09. The lowest BCUT2D eigenvalue weighted by Crippen LogP contribution is -2.23. The normalized spacial score (nSPS) is 12.8. The Morgan fingerprint density at radius 2 is 2.33 bits per heavy atom. The van der Waals surface area contributed by atoms with Gasteiger partial charge in [0, 0.05) is 36.3 Å². The van der Waals surface area contributed by atoms with Gasteiger partial charge in [-0.1, -0.05) is 19.9 Å². The molecular formula is C14H21N3S. The summed E-state index contributed by atoms with van der Waals surface area (Å²) < 4.78 is 2.26. The number of aromatic nitrogens is 2. The largest absolute Gasteiger partial charge is 0.335 e. The Bertz CT molecular complexity index is 447. The van der Waals surface area contributed by atoms with E-state index in [0.29, 0.717) is 6.04 Å². The second kappa shape index (κ2) is 6.71. The quantitative estimate of drug-likeness (QED) is 0.831. The fourth-order valence-corrected chi connectivity index (χ4v) is 2.97. The second-order valence-corrected chi connectivity index (χ2v) is 5.35. The van der Waals surface area contributed by atoms with E-state index in [4.69, 9.17) is 0 Å². The van der Waals surface area contributed by atoms with Crippen molar-refractivity contribution in [3.05, 3.63) is 40.6 Å². The van der Waals surface area contributed by atoms with Crippen molar-refractivity contribution >= 4 is 11.3 Å². The molecule has 0 aliphatic heterocycles. The Balaban J connectivity index is 2.11. The number of aryl methyl sites for hydroxylation is 1. The molecule has 1 atom stereocenters. The Kier molecular flexibility index (Phi) is 4.96. The third-order valence-electron chi connectivity index (χ3n) is 2.99. The Morgan fingerprint density at radius 1 is 1.44 bits per heavy atom. The van der Waals surface area contributed by atoms with Crippen molar-refractivity contribution in [2.75, 3.05) is 6.54 Å². The van der Waals surface area contributed by atoms with Gasteiger partial charge in [0.25, 0.3) is 0 Å². The van der Waals surface area contributed by atoms with Crippen LogP contribution >= 0.6 is 11.3 Å². The molecule has 2 rings (SSSR count). The zero-order chi connectivity index (χ0) is 12.8. The summed E-state index contributed by atoms with van der Waals surface area (Å²) in [7, 11) is 0. The van der Waals surface area contributed by atoms with E-state index in [1.54, 1.807) is 0 Å². The van der Waals surface area contributed by atoms with Gasteiger partial charge in [-0.05, 0) is 24.4 Å². The molecule has 0 bridgehead atoms. The molecule has 18 heavy (non-hydrogen) atoms. The van der Waals surface area contributed by atoms with Gasteiger partial charge in [0.15, 0.2) is 0 Å². The summed E-state index contributed by atoms with van der Waals surface area (Å²) in [5.41, 5.74) is 0. The van der Waals surface area contributed by atoms with Gasteiger partial charge >= 0.3 is 0 Å². The minimum Gasteiger partial charge on any atom is -0.335 e. The smallest absolute Gasteiger partial charge is 0.110 e. The summed E-state index contributed by atoms with van der Waals surface area (Å²) in [5, 5.41) is 5.69. The number of rotatable bonds is 7. The van der Waals surface area contributed by atoms with Crippen molar-refractivity contribution in [2.45, 2.75) is 39.3 Å². The number of nitrogens with one attached hydrogen (secondary N) is 1. The molecule has 98 valence electrons. The highest BCUT2D eigenvalue weighted by Crippen LogP contribution is 2.22. The molecule has 0 saturated heterocycles.